The van der Waals surface area contributed by atoms with Gasteiger partial charge in [0.1, 0.15) is 5.75 Å². The summed E-state index contributed by atoms with van der Waals surface area (Å²) in [6, 6.07) is 27.2. The van der Waals surface area contributed by atoms with Crippen LogP contribution in [0.2, 0.25) is 5.02 Å². The van der Waals surface area contributed by atoms with Gasteiger partial charge in [0.25, 0.3) is 0 Å². The number of dihydropyridines is 1. The van der Waals surface area contributed by atoms with Crippen molar-refractivity contribution >= 4 is 17.3 Å². The monoisotopic (exact) mass is 771 g/mol. The van der Waals surface area contributed by atoms with Crippen LogP contribution in [0.25, 0.3) is 11.1 Å². The maximum Gasteiger partial charge on any atom is 0.164 e. The maximum absolute atomic E-state index is 6.40. The topological polar surface area (TPSA) is 46.2 Å². The first kappa shape index (κ1) is 38.5. The summed E-state index contributed by atoms with van der Waals surface area (Å²) in [5, 5.41) is 4.42. The van der Waals surface area contributed by atoms with Crippen LogP contribution in [0.5, 0.6) is 17.2 Å². The lowest BCUT2D eigenvalue weighted by Gasteiger charge is -2.40. The molecule has 0 bridgehead atoms. The minimum Gasteiger partial charge on any atom is -0.496 e. The van der Waals surface area contributed by atoms with E-state index in [1.54, 1.807) is 14.2 Å². The van der Waals surface area contributed by atoms with Gasteiger partial charge in [0.15, 0.2) is 11.5 Å². The summed E-state index contributed by atoms with van der Waals surface area (Å²) in [6.07, 6.45) is 17.6. The molecule has 2 aliphatic heterocycles. The van der Waals surface area contributed by atoms with Crippen molar-refractivity contribution in [2.24, 2.45) is 0 Å². The first-order valence-electron chi connectivity index (χ1n) is 20.9. The van der Waals surface area contributed by atoms with Crippen LogP contribution >= 0.6 is 11.6 Å². The molecule has 0 amide bonds. The quantitative estimate of drug-likeness (QED) is 0.130. The van der Waals surface area contributed by atoms with Crippen LogP contribution in [0.4, 0.5) is 5.69 Å². The summed E-state index contributed by atoms with van der Waals surface area (Å²) in [6.45, 7) is 6.16. The molecule has 1 saturated heterocycles. The standard InChI is InChI=1S/C49H58ClN3O3/c1-5-8-43-44(35-10-7-11-35)28-39(30-47(43)54-2)46-26-34(19-22-51-46)31-52-23-20-42(21-24-52)53(41-17-15-40(50)16-18-41)32-33-9-6-12-37(25-33)38-27-45(36-13-14-36)49(56-4)48(29-38)55-3/h6,9,12,15-19,22,25-30,35-36,42,46,51H,5,7-8,10-11,13-14,20-21,23-24,31-32H2,1-4H3. The van der Waals surface area contributed by atoms with Crippen molar-refractivity contribution in [3.8, 4) is 28.4 Å². The van der Waals surface area contributed by atoms with E-state index in [-0.39, 0.29) is 6.04 Å². The molecule has 56 heavy (non-hydrogen) atoms. The van der Waals surface area contributed by atoms with E-state index >= 15 is 0 Å². The van der Waals surface area contributed by atoms with Gasteiger partial charge in [-0.3, -0.25) is 4.90 Å². The Balaban J connectivity index is 0.973. The molecule has 8 rings (SSSR count). The number of hydrogen-bond acceptors (Lipinski definition) is 6. The Hall–Kier alpha value is -4.39. The van der Waals surface area contributed by atoms with E-state index in [0.717, 1.165) is 74.1 Å². The van der Waals surface area contributed by atoms with Crippen LogP contribution in [0, 0.1) is 0 Å². The van der Waals surface area contributed by atoms with Crippen LogP contribution in [-0.4, -0.2) is 51.9 Å². The predicted octanol–water partition coefficient (Wildman–Crippen LogP) is 11.4. The molecule has 0 spiro atoms. The van der Waals surface area contributed by atoms with E-state index in [4.69, 9.17) is 25.8 Å². The van der Waals surface area contributed by atoms with Gasteiger partial charge < -0.3 is 24.4 Å². The van der Waals surface area contributed by atoms with Crippen molar-refractivity contribution in [3.05, 3.63) is 130 Å². The van der Waals surface area contributed by atoms with E-state index in [0.29, 0.717) is 17.9 Å². The van der Waals surface area contributed by atoms with E-state index in [1.165, 1.54) is 82.3 Å². The summed E-state index contributed by atoms with van der Waals surface area (Å²) < 4.78 is 17.6. The van der Waals surface area contributed by atoms with Crippen LogP contribution < -0.4 is 24.4 Å². The molecule has 0 radical (unpaired) electrons. The molecule has 4 aliphatic rings. The molecule has 0 aromatic heterocycles. The molecule has 4 aromatic rings. The lowest BCUT2D eigenvalue weighted by Crippen LogP contribution is -2.45. The SMILES string of the molecule is CCCc1c(OC)cc(C2C=C(CN3CCC(N(Cc4cccc(-c5cc(OC)c(OC)c(C6CC6)c5)c4)c4ccc(Cl)cc4)CC3)C=CN2)cc1C1CCC1. The molecule has 1 unspecified atom stereocenters. The fourth-order valence-corrected chi connectivity index (χ4v) is 9.27. The fourth-order valence-electron chi connectivity index (χ4n) is 9.14. The molecule has 294 valence electrons. The number of anilines is 1. The second-order valence-electron chi connectivity index (χ2n) is 16.3. The Morgan fingerprint density at radius 3 is 2.23 bits per heavy atom. The van der Waals surface area contributed by atoms with Crippen molar-refractivity contribution in [3.63, 3.8) is 0 Å². The third kappa shape index (κ3) is 8.47. The van der Waals surface area contributed by atoms with Crippen LogP contribution in [0.15, 0.2) is 96.7 Å². The molecule has 7 heteroatoms. The summed E-state index contributed by atoms with van der Waals surface area (Å²) in [7, 11) is 5.31. The van der Waals surface area contributed by atoms with Crippen molar-refractivity contribution in [1.29, 1.82) is 0 Å². The molecule has 3 fully saturated rings. The minimum absolute atomic E-state index is 0.145. The van der Waals surface area contributed by atoms with Crippen molar-refractivity contribution in [2.75, 3.05) is 45.9 Å². The van der Waals surface area contributed by atoms with E-state index in [9.17, 15) is 0 Å². The lowest BCUT2D eigenvalue weighted by molar-refractivity contribution is 0.224. The first-order chi connectivity index (χ1) is 27.4. The zero-order valence-corrected chi connectivity index (χ0v) is 34.4. The average molecular weight is 772 g/mol. The van der Waals surface area contributed by atoms with Crippen molar-refractivity contribution in [2.45, 2.75) is 95.2 Å². The van der Waals surface area contributed by atoms with Gasteiger partial charge in [-0.25, -0.2) is 0 Å². The number of hydrogen-bond donors (Lipinski definition) is 1. The molecule has 2 saturated carbocycles. The van der Waals surface area contributed by atoms with Gasteiger partial charge >= 0.3 is 0 Å². The first-order valence-corrected chi connectivity index (χ1v) is 21.3. The number of piperidine rings is 1. The van der Waals surface area contributed by atoms with Crippen LogP contribution in [-0.2, 0) is 13.0 Å². The highest BCUT2D eigenvalue weighted by molar-refractivity contribution is 6.30. The number of rotatable bonds is 15. The third-order valence-corrected chi connectivity index (χ3v) is 12.8. The van der Waals surface area contributed by atoms with Crippen LogP contribution in [0.3, 0.4) is 0 Å². The molecule has 1 atom stereocenters. The van der Waals surface area contributed by atoms with Gasteiger partial charge in [0.05, 0.1) is 27.4 Å². The molecule has 2 aliphatic carbocycles. The highest BCUT2D eigenvalue weighted by atomic mass is 35.5. The third-order valence-electron chi connectivity index (χ3n) is 12.5. The lowest BCUT2D eigenvalue weighted by atomic mass is 9.76. The summed E-state index contributed by atoms with van der Waals surface area (Å²) in [4.78, 5) is 5.24. The number of nitrogens with zero attached hydrogens (tertiary/aromatic N) is 2. The zero-order valence-electron chi connectivity index (χ0n) is 33.7. The van der Waals surface area contributed by atoms with Gasteiger partial charge in [-0.15, -0.1) is 0 Å². The summed E-state index contributed by atoms with van der Waals surface area (Å²) in [5.74, 6) is 3.95. The number of methoxy groups -OCH3 is 3. The van der Waals surface area contributed by atoms with E-state index < -0.39 is 0 Å². The highest BCUT2D eigenvalue weighted by Crippen LogP contribution is 2.49. The van der Waals surface area contributed by atoms with Crippen molar-refractivity contribution in [1.82, 2.24) is 10.2 Å². The number of ether oxygens (including phenoxy) is 3. The average Bonchev–Trinajstić information content (AvgIpc) is 4.06. The normalized spacial score (nSPS) is 18.9. The number of benzene rings is 4. The molecular formula is C49H58ClN3O3. The smallest absolute Gasteiger partial charge is 0.164 e. The van der Waals surface area contributed by atoms with E-state index in [1.807, 2.05) is 19.2 Å². The number of nitrogens with one attached hydrogen (secondary N) is 1. The Bertz CT molecular complexity index is 2040. The van der Waals surface area contributed by atoms with Gasteiger partial charge in [0.2, 0.25) is 0 Å². The van der Waals surface area contributed by atoms with E-state index in [2.05, 4.69) is 101 Å². The van der Waals surface area contributed by atoms with Gasteiger partial charge in [-0.2, -0.15) is 0 Å². The molecular weight excluding hydrogens is 714 g/mol. The number of halogens is 1. The Morgan fingerprint density at radius 1 is 0.786 bits per heavy atom. The van der Waals surface area contributed by atoms with Crippen molar-refractivity contribution < 1.29 is 14.2 Å². The van der Waals surface area contributed by atoms with Crippen LogP contribution in [0.1, 0.15) is 104 Å². The molecule has 2 heterocycles. The summed E-state index contributed by atoms with van der Waals surface area (Å²) >= 11 is 6.40. The number of likely N-dealkylation sites (tertiary alicyclic amines) is 1. The Kier molecular flexibility index (Phi) is 12.0. The van der Waals surface area contributed by atoms with Gasteiger partial charge in [-0.05, 0) is 157 Å². The molecule has 1 N–H and O–H groups in total. The highest BCUT2D eigenvalue weighted by Gasteiger charge is 2.30. The Labute approximate surface area is 339 Å². The zero-order chi connectivity index (χ0) is 38.6. The molecule has 6 nitrogen and oxygen atoms in total. The van der Waals surface area contributed by atoms with Gasteiger partial charge in [-0.1, -0.05) is 61.7 Å². The maximum atomic E-state index is 6.40. The Morgan fingerprint density at radius 2 is 1.55 bits per heavy atom. The largest absolute Gasteiger partial charge is 0.496 e. The summed E-state index contributed by atoms with van der Waals surface area (Å²) in [5.41, 5.74) is 11.8. The molecule has 4 aromatic carbocycles. The van der Waals surface area contributed by atoms with Gasteiger partial charge in [0, 0.05) is 48.5 Å². The second kappa shape index (κ2) is 17.4. The fraction of sp³-hybridized carbons (Fsp3) is 0.429. The second-order valence-corrected chi connectivity index (χ2v) is 16.7. The predicted molar refractivity (Wildman–Crippen MR) is 231 cm³/mol. The minimum atomic E-state index is 0.145.